The number of halogens is 3. The van der Waals surface area contributed by atoms with Gasteiger partial charge in [-0.25, -0.2) is 8.78 Å². The summed E-state index contributed by atoms with van der Waals surface area (Å²) in [6.45, 7) is 0. The lowest BCUT2D eigenvalue weighted by Gasteiger charge is -2.06. The highest BCUT2D eigenvalue weighted by atomic mass is 35.5. The number of hydrogen-bond donors (Lipinski definition) is 1. The Labute approximate surface area is 113 Å². The summed E-state index contributed by atoms with van der Waals surface area (Å²) in [6, 6.07) is 8.59. The minimum atomic E-state index is -0.579. The molecule has 0 fully saturated rings. The van der Waals surface area contributed by atoms with E-state index in [1.54, 1.807) is 18.2 Å². The molecule has 2 N–H and O–H groups in total. The second kappa shape index (κ2) is 5.59. The highest BCUT2D eigenvalue weighted by molar-refractivity contribution is 7.98. The van der Waals surface area contributed by atoms with Crippen molar-refractivity contribution < 1.29 is 8.78 Å². The molecular formula is C13H10ClF2NS. The molecule has 0 heterocycles. The zero-order chi connectivity index (χ0) is 13.1. The van der Waals surface area contributed by atoms with Gasteiger partial charge in [0.25, 0.3) is 0 Å². The Morgan fingerprint density at radius 3 is 2.39 bits per heavy atom. The van der Waals surface area contributed by atoms with Crippen LogP contribution in [-0.2, 0) is 5.75 Å². The molecule has 0 saturated heterocycles. The standard InChI is InChI=1S/C13H10ClF2NS/c14-12-2-1-11(17)6-13(12)18-7-8-3-9(15)5-10(16)4-8/h1-6H,7,17H2. The van der Waals surface area contributed by atoms with Gasteiger partial charge < -0.3 is 5.73 Å². The maximum absolute atomic E-state index is 13.0. The summed E-state index contributed by atoms with van der Waals surface area (Å²) < 4.78 is 26.0. The molecule has 0 aliphatic heterocycles. The van der Waals surface area contributed by atoms with Gasteiger partial charge in [0.1, 0.15) is 11.6 Å². The molecule has 0 amide bonds. The van der Waals surface area contributed by atoms with Crippen molar-refractivity contribution in [1.82, 2.24) is 0 Å². The molecule has 18 heavy (non-hydrogen) atoms. The van der Waals surface area contributed by atoms with Gasteiger partial charge in [0.05, 0.1) is 5.02 Å². The molecular weight excluding hydrogens is 276 g/mol. The lowest BCUT2D eigenvalue weighted by Crippen LogP contribution is -1.88. The predicted octanol–water partition coefficient (Wildman–Crippen LogP) is 4.49. The van der Waals surface area contributed by atoms with Crippen molar-refractivity contribution in [3.05, 3.63) is 58.6 Å². The topological polar surface area (TPSA) is 26.0 Å². The average molecular weight is 286 g/mol. The normalized spacial score (nSPS) is 10.6. The first-order valence-corrected chi connectivity index (χ1v) is 6.54. The first kappa shape index (κ1) is 13.2. The summed E-state index contributed by atoms with van der Waals surface area (Å²) in [5, 5.41) is 0.575. The van der Waals surface area contributed by atoms with Crippen molar-refractivity contribution in [2.75, 3.05) is 5.73 Å². The molecule has 0 unspecified atom stereocenters. The summed E-state index contributed by atoms with van der Waals surface area (Å²) in [5.74, 6) is -0.730. The molecule has 0 aromatic heterocycles. The summed E-state index contributed by atoms with van der Waals surface area (Å²) >= 11 is 7.39. The van der Waals surface area contributed by atoms with Crippen LogP contribution in [0.1, 0.15) is 5.56 Å². The van der Waals surface area contributed by atoms with E-state index in [1.807, 2.05) is 0 Å². The van der Waals surface area contributed by atoms with Crippen molar-refractivity contribution in [1.29, 1.82) is 0 Å². The van der Waals surface area contributed by atoms with E-state index in [0.29, 0.717) is 22.0 Å². The van der Waals surface area contributed by atoms with Crippen LogP contribution in [0.5, 0.6) is 0 Å². The highest BCUT2D eigenvalue weighted by Gasteiger charge is 2.05. The number of rotatable bonds is 3. The Morgan fingerprint density at radius 2 is 1.72 bits per heavy atom. The monoisotopic (exact) mass is 285 g/mol. The van der Waals surface area contributed by atoms with E-state index in [2.05, 4.69) is 0 Å². The molecule has 0 spiro atoms. The molecule has 94 valence electrons. The Hall–Kier alpha value is -1.26. The van der Waals surface area contributed by atoms with Crippen LogP contribution < -0.4 is 5.73 Å². The highest BCUT2D eigenvalue weighted by Crippen LogP contribution is 2.31. The van der Waals surface area contributed by atoms with Gasteiger partial charge >= 0.3 is 0 Å². The van der Waals surface area contributed by atoms with Crippen LogP contribution in [0.2, 0.25) is 5.02 Å². The smallest absolute Gasteiger partial charge is 0.126 e. The van der Waals surface area contributed by atoms with E-state index >= 15 is 0 Å². The van der Waals surface area contributed by atoms with Crippen molar-refractivity contribution in [3.63, 3.8) is 0 Å². The van der Waals surface area contributed by atoms with Gasteiger partial charge in [-0.3, -0.25) is 0 Å². The maximum atomic E-state index is 13.0. The van der Waals surface area contributed by atoms with Crippen LogP contribution in [0.3, 0.4) is 0 Å². The molecule has 0 saturated carbocycles. The molecule has 1 nitrogen and oxygen atoms in total. The largest absolute Gasteiger partial charge is 0.399 e. The van der Waals surface area contributed by atoms with Gasteiger partial charge in [-0.15, -0.1) is 11.8 Å². The van der Waals surface area contributed by atoms with E-state index in [0.717, 1.165) is 11.0 Å². The van der Waals surface area contributed by atoms with Crippen LogP contribution in [-0.4, -0.2) is 0 Å². The van der Waals surface area contributed by atoms with Crippen molar-refractivity contribution in [3.8, 4) is 0 Å². The summed E-state index contributed by atoms with van der Waals surface area (Å²) in [6.07, 6.45) is 0. The summed E-state index contributed by atoms with van der Waals surface area (Å²) in [5.41, 5.74) is 6.82. The SMILES string of the molecule is Nc1ccc(Cl)c(SCc2cc(F)cc(F)c2)c1. The van der Waals surface area contributed by atoms with Gasteiger partial charge in [0, 0.05) is 22.4 Å². The lowest BCUT2D eigenvalue weighted by atomic mass is 10.2. The second-order valence-corrected chi connectivity index (χ2v) is 5.18. The fourth-order valence-corrected chi connectivity index (χ4v) is 2.68. The van der Waals surface area contributed by atoms with Gasteiger partial charge in [-0.05, 0) is 35.9 Å². The first-order chi connectivity index (χ1) is 8.54. The van der Waals surface area contributed by atoms with Crippen molar-refractivity contribution >= 4 is 29.1 Å². The molecule has 0 bridgehead atoms. The van der Waals surface area contributed by atoms with Crippen molar-refractivity contribution in [2.45, 2.75) is 10.6 Å². The van der Waals surface area contributed by atoms with E-state index < -0.39 is 11.6 Å². The molecule has 5 heteroatoms. The number of thioether (sulfide) groups is 1. The fourth-order valence-electron chi connectivity index (χ4n) is 1.49. The number of nitrogens with two attached hydrogens (primary N) is 1. The summed E-state index contributed by atoms with van der Waals surface area (Å²) in [7, 11) is 0. The number of benzene rings is 2. The minimum absolute atomic E-state index is 0.428. The van der Waals surface area contributed by atoms with E-state index in [1.165, 1.54) is 23.9 Å². The van der Waals surface area contributed by atoms with Crippen LogP contribution in [0, 0.1) is 11.6 Å². The molecule has 0 aliphatic rings. The Morgan fingerprint density at radius 1 is 1.06 bits per heavy atom. The predicted molar refractivity (Wildman–Crippen MR) is 71.8 cm³/mol. The molecule has 0 atom stereocenters. The third-order valence-electron chi connectivity index (χ3n) is 2.27. The Bertz CT molecular complexity index is 555. The fraction of sp³-hybridized carbons (Fsp3) is 0.0769. The zero-order valence-electron chi connectivity index (χ0n) is 9.29. The van der Waals surface area contributed by atoms with Gasteiger partial charge in [0.15, 0.2) is 0 Å². The van der Waals surface area contributed by atoms with Crippen LogP contribution in [0.15, 0.2) is 41.3 Å². The third-order valence-corrected chi connectivity index (χ3v) is 3.84. The molecule has 0 aliphatic carbocycles. The van der Waals surface area contributed by atoms with E-state index in [9.17, 15) is 8.78 Å². The summed E-state index contributed by atoms with van der Waals surface area (Å²) in [4.78, 5) is 0.793. The molecule has 2 rings (SSSR count). The quantitative estimate of drug-likeness (QED) is 0.664. The van der Waals surface area contributed by atoms with Crippen LogP contribution >= 0.6 is 23.4 Å². The van der Waals surface area contributed by atoms with Gasteiger partial charge in [-0.2, -0.15) is 0 Å². The average Bonchev–Trinajstić information content (AvgIpc) is 2.29. The van der Waals surface area contributed by atoms with E-state index in [-0.39, 0.29) is 0 Å². The molecule has 2 aromatic rings. The minimum Gasteiger partial charge on any atom is -0.399 e. The van der Waals surface area contributed by atoms with Gasteiger partial charge in [0.2, 0.25) is 0 Å². The molecule has 0 radical (unpaired) electrons. The molecule has 2 aromatic carbocycles. The second-order valence-electron chi connectivity index (χ2n) is 3.76. The van der Waals surface area contributed by atoms with Crippen molar-refractivity contribution in [2.24, 2.45) is 0 Å². The van der Waals surface area contributed by atoms with Crippen LogP contribution in [0.4, 0.5) is 14.5 Å². The maximum Gasteiger partial charge on any atom is 0.126 e. The van der Waals surface area contributed by atoms with Gasteiger partial charge in [-0.1, -0.05) is 11.6 Å². The van der Waals surface area contributed by atoms with E-state index in [4.69, 9.17) is 17.3 Å². The third kappa shape index (κ3) is 3.37. The first-order valence-electron chi connectivity index (χ1n) is 5.17. The number of nitrogen functional groups attached to an aromatic ring is 1. The Balaban J connectivity index is 2.13. The zero-order valence-corrected chi connectivity index (χ0v) is 10.9. The van der Waals surface area contributed by atoms with Crippen LogP contribution in [0.25, 0.3) is 0 Å². The lowest BCUT2D eigenvalue weighted by molar-refractivity contribution is 0.581. The number of anilines is 1. The number of hydrogen-bond acceptors (Lipinski definition) is 2. The Kier molecular flexibility index (Phi) is 4.09.